The Labute approximate surface area is 232 Å². The number of fused-ring (bicyclic) bond motifs is 2. The van der Waals surface area contributed by atoms with Gasteiger partial charge in [-0.1, -0.05) is 35.9 Å². The second kappa shape index (κ2) is 10.7. The van der Waals surface area contributed by atoms with Crippen LogP contribution in [0.5, 0.6) is 11.5 Å². The molecule has 11 heteroatoms. The first-order valence-electron chi connectivity index (χ1n) is 12.3. The Morgan fingerprint density at radius 1 is 1.13 bits per heavy atom. The number of aryl methyl sites for hydroxylation is 1. The fourth-order valence-electron chi connectivity index (χ4n) is 4.52. The lowest BCUT2D eigenvalue weighted by Gasteiger charge is -2.23. The van der Waals surface area contributed by atoms with E-state index < -0.39 is 17.9 Å². The van der Waals surface area contributed by atoms with Crippen LogP contribution in [0.1, 0.15) is 63.4 Å². The largest absolute Gasteiger partial charge is 0.490 e. The minimum atomic E-state index is -0.914. The van der Waals surface area contributed by atoms with E-state index in [0.29, 0.717) is 41.0 Å². The van der Waals surface area contributed by atoms with E-state index in [0.717, 1.165) is 17.8 Å². The molecule has 0 saturated heterocycles. The summed E-state index contributed by atoms with van der Waals surface area (Å²) in [4.78, 5) is 46.2. The number of benzene rings is 2. The van der Waals surface area contributed by atoms with Gasteiger partial charge in [-0.2, -0.15) is 0 Å². The van der Waals surface area contributed by atoms with Gasteiger partial charge in [-0.15, -0.1) is 0 Å². The molecule has 0 saturated carbocycles. The number of carbonyl (C=O) groups excluding carboxylic acids is 2. The third kappa shape index (κ3) is 4.63. The molecule has 5 rings (SSSR count). The van der Waals surface area contributed by atoms with Gasteiger partial charge >= 0.3 is 5.97 Å². The van der Waals surface area contributed by atoms with Crippen molar-refractivity contribution in [1.82, 2.24) is 4.98 Å². The Morgan fingerprint density at radius 3 is 2.64 bits per heavy atom. The minimum absolute atomic E-state index is 0.100. The fourth-order valence-corrected chi connectivity index (χ4v) is 5.70. The summed E-state index contributed by atoms with van der Waals surface area (Å²) in [5, 5.41) is 0.835. The summed E-state index contributed by atoms with van der Waals surface area (Å²) in [6.07, 6.45) is 0.814. The Bertz CT molecular complexity index is 1660. The monoisotopic (exact) mass is 568 g/mol. The number of thiazole rings is 1. The summed E-state index contributed by atoms with van der Waals surface area (Å²) in [5.74, 6) is -0.199. The van der Waals surface area contributed by atoms with Gasteiger partial charge in [0.1, 0.15) is 10.5 Å². The molecule has 1 aliphatic heterocycles. The molecule has 9 nitrogen and oxygen atoms in total. The van der Waals surface area contributed by atoms with Gasteiger partial charge in [0, 0.05) is 5.02 Å². The zero-order valence-corrected chi connectivity index (χ0v) is 23.3. The molecule has 1 aliphatic rings. The fraction of sp³-hybridized carbons (Fsp3) is 0.286. The first-order chi connectivity index (χ1) is 18.8. The topological polar surface area (TPSA) is 108 Å². The Kier molecular flexibility index (Phi) is 7.33. The van der Waals surface area contributed by atoms with Gasteiger partial charge in [-0.05, 0) is 56.2 Å². The summed E-state index contributed by atoms with van der Waals surface area (Å²) < 4.78 is 22.6. The third-order valence-electron chi connectivity index (χ3n) is 6.24. The summed E-state index contributed by atoms with van der Waals surface area (Å²) in [6, 6.07) is 9.02. The molecule has 0 aliphatic carbocycles. The molecule has 1 atom stereocenters. The van der Waals surface area contributed by atoms with Gasteiger partial charge in [0.15, 0.2) is 22.1 Å². The van der Waals surface area contributed by atoms with Gasteiger partial charge in [0.2, 0.25) is 5.76 Å². The average molecular weight is 569 g/mol. The van der Waals surface area contributed by atoms with Crippen molar-refractivity contribution in [2.75, 3.05) is 25.2 Å². The summed E-state index contributed by atoms with van der Waals surface area (Å²) >= 11 is 7.19. The summed E-state index contributed by atoms with van der Waals surface area (Å²) in [5.41, 5.74) is 0.975. The van der Waals surface area contributed by atoms with Gasteiger partial charge in [-0.3, -0.25) is 14.5 Å². The number of hydrogen-bond donors (Lipinski definition) is 0. The first-order valence-corrected chi connectivity index (χ1v) is 13.5. The number of nitrogens with zero attached hydrogens (tertiary/aromatic N) is 2. The van der Waals surface area contributed by atoms with E-state index in [4.69, 9.17) is 30.2 Å². The van der Waals surface area contributed by atoms with Crippen LogP contribution >= 0.6 is 22.9 Å². The number of rotatable bonds is 8. The van der Waals surface area contributed by atoms with Gasteiger partial charge < -0.3 is 18.6 Å². The lowest BCUT2D eigenvalue weighted by Crippen LogP contribution is -2.29. The molecular weight excluding hydrogens is 544 g/mol. The Hall–Kier alpha value is -3.89. The van der Waals surface area contributed by atoms with Gasteiger partial charge in [0.25, 0.3) is 5.91 Å². The number of hydrogen-bond acceptors (Lipinski definition) is 9. The molecule has 4 aromatic rings. The number of amides is 1. The maximum atomic E-state index is 13.9. The van der Waals surface area contributed by atoms with E-state index in [1.54, 1.807) is 37.3 Å². The average Bonchev–Trinajstić information content (AvgIpc) is 3.45. The van der Waals surface area contributed by atoms with Crippen molar-refractivity contribution in [2.45, 2.75) is 33.2 Å². The number of ether oxygens (including phenoxy) is 3. The van der Waals surface area contributed by atoms with Crippen LogP contribution in [0.3, 0.4) is 0 Å². The second-order valence-electron chi connectivity index (χ2n) is 8.78. The van der Waals surface area contributed by atoms with Crippen LogP contribution in [0, 0.1) is 6.92 Å². The van der Waals surface area contributed by atoms with E-state index >= 15 is 0 Å². The smallest absolute Gasteiger partial charge is 0.350 e. The van der Waals surface area contributed by atoms with Crippen molar-refractivity contribution >= 4 is 50.9 Å². The summed E-state index contributed by atoms with van der Waals surface area (Å²) in [7, 11) is 1.28. The maximum absolute atomic E-state index is 13.9. The van der Waals surface area contributed by atoms with Crippen LogP contribution < -0.4 is 19.8 Å². The van der Waals surface area contributed by atoms with Crippen LogP contribution in [-0.2, 0) is 4.74 Å². The third-order valence-corrected chi connectivity index (χ3v) is 7.61. The molecule has 2 aromatic carbocycles. The zero-order valence-electron chi connectivity index (χ0n) is 21.7. The van der Waals surface area contributed by atoms with E-state index in [1.165, 1.54) is 18.1 Å². The quantitative estimate of drug-likeness (QED) is 0.240. The SMILES string of the molecule is CCCOc1ccc(C2c3c(oc4ccc(Cl)cc4c3=O)C(=O)N2c2nc(C)c(C(=O)OC)s2)cc1OCC. The maximum Gasteiger partial charge on any atom is 0.350 e. The number of anilines is 1. The highest BCUT2D eigenvalue weighted by atomic mass is 35.5. The second-order valence-corrected chi connectivity index (χ2v) is 10.2. The van der Waals surface area contributed by atoms with E-state index in [2.05, 4.69) is 4.98 Å². The summed E-state index contributed by atoms with van der Waals surface area (Å²) in [6.45, 7) is 6.40. The number of halogens is 1. The number of methoxy groups -OCH3 is 1. The van der Waals surface area contributed by atoms with Crippen LogP contribution in [0.25, 0.3) is 11.0 Å². The molecular formula is C28H25ClN2O7S. The lowest BCUT2D eigenvalue weighted by molar-refractivity contribution is 0.0605. The standard InChI is InChI=1S/C28H25ClN2O7S/c1-5-11-37-19-9-7-15(12-20(19)36-6-2)22-21-23(32)17-13-16(29)8-10-18(17)38-24(21)26(33)31(22)28-30-14(3)25(39-28)27(34)35-4/h7-10,12-13,22H,5-6,11H2,1-4H3. The molecule has 3 heterocycles. The predicted octanol–water partition coefficient (Wildman–Crippen LogP) is 5.94. The molecule has 39 heavy (non-hydrogen) atoms. The zero-order chi connectivity index (χ0) is 27.8. The first kappa shape index (κ1) is 26.7. The molecule has 1 amide bonds. The number of carbonyl (C=O) groups is 2. The molecule has 0 spiro atoms. The lowest BCUT2D eigenvalue weighted by atomic mass is 9.98. The highest BCUT2D eigenvalue weighted by molar-refractivity contribution is 7.17. The molecule has 0 radical (unpaired) electrons. The highest BCUT2D eigenvalue weighted by Crippen LogP contribution is 2.45. The van der Waals surface area contributed by atoms with Crippen molar-refractivity contribution in [3.05, 3.63) is 79.1 Å². The molecule has 0 N–H and O–H groups in total. The van der Waals surface area contributed by atoms with Crippen LogP contribution in [-0.4, -0.2) is 37.2 Å². The van der Waals surface area contributed by atoms with Gasteiger partial charge in [-0.25, -0.2) is 9.78 Å². The molecule has 2 aromatic heterocycles. The number of esters is 1. The molecule has 1 unspecified atom stereocenters. The van der Waals surface area contributed by atoms with Crippen LogP contribution in [0.2, 0.25) is 5.02 Å². The van der Waals surface area contributed by atoms with Crippen LogP contribution in [0.15, 0.2) is 45.6 Å². The van der Waals surface area contributed by atoms with E-state index in [1.807, 2.05) is 13.8 Å². The minimum Gasteiger partial charge on any atom is -0.490 e. The van der Waals surface area contributed by atoms with Crippen molar-refractivity contribution in [3.63, 3.8) is 0 Å². The Morgan fingerprint density at radius 2 is 1.92 bits per heavy atom. The Balaban J connectivity index is 1.75. The van der Waals surface area contributed by atoms with E-state index in [9.17, 15) is 14.4 Å². The normalized spacial score (nSPS) is 14.5. The van der Waals surface area contributed by atoms with E-state index in [-0.39, 0.29) is 37.7 Å². The van der Waals surface area contributed by atoms with Crippen molar-refractivity contribution in [3.8, 4) is 11.5 Å². The molecule has 0 bridgehead atoms. The molecule has 0 fully saturated rings. The van der Waals surface area contributed by atoms with Crippen molar-refractivity contribution < 1.29 is 28.2 Å². The molecule has 202 valence electrons. The van der Waals surface area contributed by atoms with Crippen LogP contribution in [0.4, 0.5) is 5.13 Å². The number of aromatic nitrogens is 1. The van der Waals surface area contributed by atoms with Crippen molar-refractivity contribution in [2.24, 2.45) is 0 Å². The highest BCUT2D eigenvalue weighted by Gasteiger charge is 2.45. The predicted molar refractivity (Wildman–Crippen MR) is 148 cm³/mol. The van der Waals surface area contributed by atoms with Crippen molar-refractivity contribution in [1.29, 1.82) is 0 Å². The van der Waals surface area contributed by atoms with Gasteiger partial charge in [0.05, 0.1) is 43.0 Å².